The predicted molar refractivity (Wildman–Crippen MR) is 164 cm³/mol. The number of hydrogen-bond donors (Lipinski definition) is 8. The summed E-state index contributed by atoms with van der Waals surface area (Å²) in [6, 6.07) is -0.259. The fourth-order valence-electron chi connectivity index (χ4n) is 6.16. The number of hydrogen-bond acceptors (Lipinski definition) is 18. The zero-order valence-electron chi connectivity index (χ0n) is 25.8. The summed E-state index contributed by atoms with van der Waals surface area (Å²) in [4.78, 5) is 38.3. The molecule has 22 nitrogen and oxygen atoms in total. The number of aromatic nitrogens is 10. The third kappa shape index (κ3) is 5.34. The smallest absolute Gasteiger partial charge is 0.320 e. The molecule has 0 aliphatic carbocycles. The Kier molecular flexibility index (Phi) is 8.43. The number of nitrogens with two attached hydrogens (primary N) is 2. The standard InChI is InChI=1S/C27H33N13O9/c1-30-23(46)10-2-33-40(3-10)26-34-19(28)15-21(36-26)39(9-32-15)25-18(12(5-42)14(7-44)48-25)49-27-35-20(29)16-22(37-27)38(8-31-16)24-17(45)11(4-41)13(6-43)47-24/h2-3,8-9,11-14,17-18,24-25,41-45H,4-7H2,1H3,(H,30,46)(H2,28,34,36)(H2,29,35,37)/t11?,12?,13-,14-,17+,18+,24-,25-/m1/s1. The van der Waals surface area contributed by atoms with Crippen LogP contribution in [0.2, 0.25) is 0 Å². The second-order valence-corrected chi connectivity index (χ2v) is 11.5. The van der Waals surface area contributed by atoms with Gasteiger partial charge in [-0.05, 0) is 0 Å². The molecular weight excluding hydrogens is 650 g/mol. The highest BCUT2D eigenvalue weighted by atomic mass is 16.6. The van der Waals surface area contributed by atoms with Gasteiger partial charge in [0.05, 0.1) is 69.0 Å². The summed E-state index contributed by atoms with van der Waals surface area (Å²) in [7, 11) is 1.49. The summed E-state index contributed by atoms with van der Waals surface area (Å²) >= 11 is 0. The number of nitrogen functional groups attached to an aromatic ring is 2. The van der Waals surface area contributed by atoms with Crippen LogP contribution in [0.1, 0.15) is 22.8 Å². The molecule has 0 saturated carbocycles. The third-order valence-corrected chi connectivity index (χ3v) is 8.73. The van der Waals surface area contributed by atoms with E-state index in [1.807, 2.05) is 0 Å². The molecule has 10 N–H and O–H groups in total. The van der Waals surface area contributed by atoms with Gasteiger partial charge >= 0.3 is 6.01 Å². The zero-order valence-corrected chi connectivity index (χ0v) is 25.8. The van der Waals surface area contributed by atoms with Crippen LogP contribution in [0.5, 0.6) is 6.01 Å². The van der Waals surface area contributed by atoms with Crippen molar-refractivity contribution >= 4 is 39.9 Å². The topological polar surface area (TPSA) is 315 Å². The van der Waals surface area contributed by atoms with E-state index in [0.29, 0.717) is 0 Å². The van der Waals surface area contributed by atoms with Crippen LogP contribution < -0.4 is 21.5 Å². The molecule has 260 valence electrons. The number of imidazole rings is 2. The number of ether oxygens (including phenoxy) is 3. The van der Waals surface area contributed by atoms with E-state index in [1.54, 1.807) is 0 Å². The average molecular weight is 684 g/mol. The van der Waals surface area contributed by atoms with Crippen molar-refractivity contribution in [2.45, 2.75) is 36.9 Å². The predicted octanol–water partition coefficient (Wildman–Crippen LogP) is -3.52. The lowest BCUT2D eigenvalue weighted by molar-refractivity contribution is -0.0499. The van der Waals surface area contributed by atoms with Crippen LogP contribution >= 0.6 is 0 Å². The van der Waals surface area contributed by atoms with E-state index in [1.165, 1.54) is 45.9 Å². The molecule has 5 aromatic heterocycles. The van der Waals surface area contributed by atoms with Crippen molar-refractivity contribution in [3.05, 3.63) is 30.6 Å². The van der Waals surface area contributed by atoms with Crippen molar-refractivity contribution in [1.29, 1.82) is 0 Å². The van der Waals surface area contributed by atoms with Crippen LogP contribution in [0.15, 0.2) is 25.0 Å². The first-order chi connectivity index (χ1) is 23.7. The molecule has 5 aromatic rings. The minimum absolute atomic E-state index is 0.00152. The van der Waals surface area contributed by atoms with Crippen molar-refractivity contribution in [1.82, 2.24) is 54.1 Å². The minimum atomic E-state index is -1.22. The van der Waals surface area contributed by atoms with Gasteiger partial charge < -0.3 is 56.5 Å². The molecule has 2 fully saturated rings. The molecule has 0 bridgehead atoms. The van der Waals surface area contributed by atoms with Gasteiger partial charge in [-0.1, -0.05) is 0 Å². The van der Waals surface area contributed by atoms with Gasteiger partial charge in [-0.3, -0.25) is 13.9 Å². The Morgan fingerprint density at radius 3 is 2.12 bits per heavy atom. The largest absolute Gasteiger partial charge is 0.455 e. The third-order valence-electron chi connectivity index (χ3n) is 8.73. The number of rotatable bonds is 10. The molecule has 2 aliphatic heterocycles. The van der Waals surface area contributed by atoms with Crippen molar-refractivity contribution in [2.75, 3.05) is 44.9 Å². The number of nitrogens with one attached hydrogen (secondary N) is 1. The maximum atomic E-state index is 12.1. The SMILES string of the molecule is CNC(=O)c1cnn(-c2nc(N)c3ncn([C@@H]4O[C@H](CO)C(CO)[C@@H]4Oc4nc(N)c5ncn([C@@H]6O[C@H](CO)C(CO)[C@@H]6O)c5n4)c3n2)c1. The Labute approximate surface area is 274 Å². The first-order valence-corrected chi connectivity index (χ1v) is 15.1. The van der Waals surface area contributed by atoms with Gasteiger partial charge in [0.15, 0.2) is 47.0 Å². The molecule has 2 saturated heterocycles. The highest BCUT2D eigenvalue weighted by Crippen LogP contribution is 2.39. The number of carbonyl (C=O) groups is 1. The molecule has 0 aromatic carbocycles. The van der Waals surface area contributed by atoms with Crippen molar-refractivity contribution in [2.24, 2.45) is 11.8 Å². The van der Waals surface area contributed by atoms with E-state index >= 15 is 0 Å². The second-order valence-electron chi connectivity index (χ2n) is 11.5. The van der Waals surface area contributed by atoms with E-state index in [4.69, 9.17) is 25.7 Å². The molecule has 8 atom stereocenters. The van der Waals surface area contributed by atoms with Crippen molar-refractivity contribution < 1.29 is 44.5 Å². The zero-order chi connectivity index (χ0) is 34.6. The van der Waals surface area contributed by atoms with Crippen LogP contribution in [0.3, 0.4) is 0 Å². The molecule has 0 spiro atoms. The number of aliphatic hydroxyl groups is 5. The maximum Gasteiger partial charge on any atom is 0.320 e. The van der Waals surface area contributed by atoms with Gasteiger partial charge in [-0.15, -0.1) is 0 Å². The average Bonchev–Trinajstić information content (AvgIpc) is 3.93. The highest BCUT2D eigenvalue weighted by molar-refractivity contribution is 5.93. The summed E-state index contributed by atoms with van der Waals surface area (Å²) in [5, 5.41) is 57.6. The van der Waals surface area contributed by atoms with Crippen molar-refractivity contribution in [3.8, 4) is 12.0 Å². The maximum absolute atomic E-state index is 12.1. The van der Waals surface area contributed by atoms with Crippen LogP contribution in [-0.4, -0.2) is 138 Å². The summed E-state index contributed by atoms with van der Waals surface area (Å²) in [6.07, 6.45) is -0.716. The summed E-state index contributed by atoms with van der Waals surface area (Å²) in [6.45, 7) is -1.82. The van der Waals surface area contributed by atoms with Crippen molar-refractivity contribution in [3.63, 3.8) is 0 Å². The summed E-state index contributed by atoms with van der Waals surface area (Å²) in [5.41, 5.74) is 13.4. The number of fused-ring (bicyclic) bond motifs is 2. The molecule has 2 aliphatic rings. The Bertz CT molecular complexity index is 2000. The Balaban J connectivity index is 1.26. The number of carbonyl (C=O) groups excluding carboxylic acids is 1. The van der Waals surface area contributed by atoms with Gasteiger partial charge in [0, 0.05) is 19.2 Å². The Morgan fingerprint density at radius 1 is 0.878 bits per heavy atom. The lowest BCUT2D eigenvalue weighted by Gasteiger charge is -2.24. The van der Waals surface area contributed by atoms with Gasteiger partial charge in [0.2, 0.25) is 0 Å². The highest BCUT2D eigenvalue weighted by Gasteiger charge is 2.48. The van der Waals surface area contributed by atoms with Gasteiger partial charge in [-0.25, -0.2) is 14.6 Å². The molecule has 22 heteroatoms. The lowest BCUT2D eigenvalue weighted by atomic mass is 9.99. The van der Waals surface area contributed by atoms with Gasteiger partial charge in [0.1, 0.15) is 11.6 Å². The van der Waals surface area contributed by atoms with E-state index < -0.39 is 75.1 Å². The molecule has 49 heavy (non-hydrogen) atoms. The van der Waals surface area contributed by atoms with Crippen LogP contribution in [0.25, 0.3) is 28.3 Å². The number of amides is 1. The molecular formula is C27H33N13O9. The molecule has 1 amide bonds. The fraction of sp³-hybridized carbons (Fsp3) is 0.481. The normalized spacial score (nSPS) is 27.0. The number of nitrogens with zero attached hydrogens (tertiary/aromatic N) is 10. The van der Waals surface area contributed by atoms with E-state index in [-0.39, 0.29) is 57.4 Å². The fourth-order valence-corrected chi connectivity index (χ4v) is 6.16. The van der Waals surface area contributed by atoms with Crippen LogP contribution in [-0.2, 0) is 9.47 Å². The summed E-state index contributed by atoms with van der Waals surface area (Å²) in [5.74, 6) is -2.00. The molecule has 0 radical (unpaired) electrons. The lowest BCUT2D eigenvalue weighted by Crippen LogP contribution is -2.36. The second kappa shape index (κ2) is 12.7. The van der Waals surface area contributed by atoms with E-state index in [2.05, 4.69) is 40.3 Å². The first-order valence-electron chi connectivity index (χ1n) is 15.1. The summed E-state index contributed by atoms with van der Waals surface area (Å²) < 4.78 is 22.4. The monoisotopic (exact) mass is 683 g/mol. The van der Waals surface area contributed by atoms with E-state index in [0.717, 1.165) is 0 Å². The quantitative estimate of drug-likeness (QED) is 0.0707. The molecule has 7 rings (SSSR count). The van der Waals surface area contributed by atoms with Crippen LogP contribution in [0.4, 0.5) is 11.6 Å². The van der Waals surface area contributed by atoms with E-state index in [9.17, 15) is 30.3 Å². The molecule has 7 heterocycles. The van der Waals surface area contributed by atoms with Crippen LogP contribution in [0, 0.1) is 11.8 Å². The minimum Gasteiger partial charge on any atom is -0.455 e. The Hall–Kier alpha value is -5.10. The van der Waals surface area contributed by atoms with Gasteiger partial charge in [0.25, 0.3) is 11.9 Å². The Morgan fingerprint density at radius 2 is 1.49 bits per heavy atom. The first kappa shape index (κ1) is 32.4. The number of anilines is 2. The van der Waals surface area contributed by atoms with Gasteiger partial charge in [-0.2, -0.15) is 25.0 Å². The number of aliphatic hydroxyl groups excluding tert-OH is 5. The molecule has 2 unspecified atom stereocenters.